The predicted molar refractivity (Wildman–Crippen MR) is 101 cm³/mol. The average Bonchev–Trinajstić information content (AvgIpc) is 2.72. The lowest BCUT2D eigenvalue weighted by Gasteiger charge is -2.42. The number of benzene rings is 1. The number of hydrogen-bond donors (Lipinski definition) is 1. The van der Waals surface area contributed by atoms with E-state index in [4.69, 9.17) is 4.74 Å². The summed E-state index contributed by atoms with van der Waals surface area (Å²) in [6.45, 7) is 5.24. The highest BCUT2D eigenvalue weighted by Gasteiger charge is 2.45. The Kier molecular flexibility index (Phi) is 6.30. The summed E-state index contributed by atoms with van der Waals surface area (Å²) in [5.74, 6) is 0.164. The van der Waals surface area contributed by atoms with Gasteiger partial charge in [0.15, 0.2) is 0 Å². The van der Waals surface area contributed by atoms with Crippen LogP contribution < -0.4 is 5.32 Å². The number of carbonyl (C=O) groups is 2. The highest BCUT2D eigenvalue weighted by molar-refractivity contribution is 5.89. The van der Waals surface area contributed by atoms with E-state index in [2.05, 4.69) is 17.4 Å². The topological polar surface area (TPSA) is 58.6 Å². The summed E-state index contributed by atoms with van der Waals surface area (Å²) in [5.41, 5.74) is 0.562. The molecule has 0 unspecified atom stereocenters. The quantitative estimate of drug-likeness (QED) is 0.880. The molecule has 0 spiro atoms. The third-order valence-electron chi connectivity index (χ3n) is 5.71. The monoisotopic (exact) mass is 358 g/mol. The Morgan fingerprint density at radius 3 is 2.65 bits per heavy atom. The molecule has 1 atom stereocenters. The molecule has 1 N–H and O–H groups in total. The van der Waals surface area contributed by atoms with Gasteiger partial charge in [0.05, 0.1) is 11.3 Å². The van der Waals surface area contributed by atoms with E-state index in [1.807, 2.05) is 30.0 Å². The minimum atomic E-state index is -0.513. The normalized spacial score (nSPS) is 22.7. The maximum atomic E-state index is 13.6. The molecule has 2 fully saturated rings. The van der Waals surface area contributed by atoms with Crippen molar-refractivity contribution in [1.29, 1.82) is 0 Å². The van der Waals surface area contributed by atoms with Crippen LogP contribution in [0.15, 0.2) is 30.3 Å². The number of ether oxygens (including phenoxy) is 1. The zero-order valence-corrected chi connectivity index (χ0v) is 15.7. The molecule has 2 saturated heterocycles. The van der Waals surface area contributed by atoms with E-state index in [1.165, 1.54) is 0 Å². The zero-order chi connectivity index (χ0) is 18.4. The molecule has 0 aliphatic carbocycles. The average molecular weight is 358 g/mol. The molecule has 0 radical (unpaired) electrons. The van der Waals surface area contributed by atoms with E-state index >= 15 is 0 Å². The molecule has 5 nitrogen and oxygen atoms in total. The van der Waals surface area contributed by atoms with Gasteiger partial charge in [-0.3, -0.25) is 9.59 Å². The lowest BCUT2D eigenvalue weighted by atomic mass is 9.72. The van der Waals surface area contributed by atoms with E-state index in [0.29, 0.717) is 39.1 Å². The fourth-order valence-corrected chi connectivity index (χ4v) is 4.17. The predicted octanol–water partition coefficient (Wildman–Crippen LogP) is 2.50. The Labute approximate surface area is 156 Å². The summed E-state index contributed by atoms with van der Waals surface area (Å²) in [5, 5.41) is 2.99. The second-order valence-corrected chi connectivity index (χ2v) is 7.44. The summed E-state index contributed by atoms with van der Waals surface area (Å²) in [6.07, 6.45) is 4.09. The molecule has 0 bridgehead atoms. The number of piperidine rings is 1. The minimum Gasteiger partial charge on any atom is -0.381 e. The molecule has 2 amide bonds. The van der Waals surface area contributed by atoms with E-state index < -0.39 is 5.41 Å². The van der Waals surface area contributed by atoms with Crippen molar-refractivity contribution in [2.24, 2.45) is 5.92 Å². The fraction of sp³-hybridized carbons (Fsp3) is 0.619. The van der Waals surface area contributed by atoms with Crippen LogP contribution in [0.4, 0.5) is 0 Å². The second kappa shape index (κ2) is 8.67. The summed E-state index contributed by atoms with van der Waals surface area (Å²) in [7, 11) is 0. The maximum absolute atomic E-state index is 13.6. The Hall–Kier alpha value is -1.88. The first kappa shape index (κ1) is 18.9. The van der Waals surface area contributed by atoms with Crippen molar-refractivity contribution in [3.63, 3.8) is 0 Å². The number of nitrogens with one attached hydrogen (secondary N) is 1. The molecule has 3 rings (SSSR count). The SMILES string of the molecule is CCCNC(=O)[C@H]1CCCN(C(=O)C2(c3ccccc3)CCOCC2)C1. The number of hydrogen-bond acceptors (Lipinski definition) is 3. The first-order valence-corrected chi connectivity index (χ1v) is 9.88. The largest absolute Gasteiger partial charge is 0.381 e. The van der Waals surface area contributed by atoms with Crippen LogP contribution in [0.3, 0.4) is 0 Å². The Balaban J connectivity index is 1.77. The Bertz CT molecular complexity index is 611. The standard InChI is InChI=1S/C21H30N2O3/c1-2-12-22-19(24)17-7-6-13-23(16-17)20(25)21(10-14-26-15-11-21)18-8-4-3-5-9-18/h3-5,8-9,17H,2,6-7,10-16H2,1H3,(H,22,24)/t17-/m0/s1. The Morgan fingerprint density at radius 2 is 1.96 bits per heavy atom. The van der Waals surface area contributed by atoms with Crippen LogP contribution in [-0.2, 0) is 19.7 Å². The van der Waals surface area contributed by atoms with Crippen molar-refractivity contribution in [2.75, 3.05) is 32.8 Å². The third-order valence-corrected chi connectivity index (χ3v) is 5.71. The molecule has 2 aliphatic rings. The van der Waals surface area contributed by atoms with Gasteiger partial charge in [0.2, 0.25) is 11.8 Å². The van der Waals surface area contributed by atoms with Crippen molar-refractivity contribution in [1.82, 2.24) is 10.2 Å². The number of nitrogens with zero attached hydrogens (tertiary/aromatic N) is 1. The lowest BCUT2D eigenvalue weighted by molar-refractivity contribution is -0.144. The van der Waals surface area contributed by atoms with Gasteiger partial charge >= 0.3 is 0 Å². The molecule has 0 saturated carbocycles. The van der Waals surface area contributed by atoms with Crippen molar-refractivity contribution >= 4 is 11.8 Å². The van der Waals surface area contributed by atoms with E-state index in [1.54, 1.807) is 0 Å². The highest BCUT2D eigenvalue weighted by atomic mass is 16.5. The molecular weight excluding hydrogens is 328 g/mol. The van der Waals surface area contributed by atoms with Gasteiger partial charge in [0, 0.05) is 32.8 Å². The molecule has 2 aliphatic heterocycles. The van der Waals surface area contributed by atoms with Crippen molar-refractivity contribution in [3.05, 3.63) is 35.9 Å². The number of rotatable bonds is 5. The van der Waals surface area contributed by atoms with E-state index in [0.717, 1.165) is 31.4 Å². The fourth-order valence-electron chi connectivity index (χ4n) is 4.17. The van der Waals surface area contributed by atoms with Gasteiger partial charge < -0.3 is 15.0 Å². The van der Waals surface area contributed by atoms with Crippen LogP contribution in [0, 0.1) is 5.92 Å². The molecule has 5 heteroatoms. The lowest BCUT2D eigenvalue weighted by Crippen LogP contribution is -2.54. The molecule has 26 heavy (non-hydrogen) atoms. The van der Waals surface area contributed by atoms with Gasteiger partial charge in [-0.1, -0.05) is 37.3 Å². The van der Waals surface area contributed by atoms with Crippen LogP contribution >= 0.6 is 0 Å². The van der Waals surface area contributed by atoms with Gasteiger partial charge in [-0.15, -0.1) is 0 Å². The van der Waals surface area contributed by atoms with Gasteiger partial charge in [0.1, 0.15) is 0 Å². The molecular formula is C21H30N2O3. The van der Waals surface area contributed by atoms with Gasteiger partial charge in [-0.2, -0.15) is 0 Å². The first-order valence-electron chi connectivity index (χ1n) is 9.88. The second-order valence-electron chi connectivity index (χ2n) is 7.44. The molecule has 142 valence electrons. The summed E-state index contributed by atoms with van der Waals surface area (Å²) >= 11 is 0. The van der Waals surface area contributed by atoms with Crippen molar-refractivity contribution < 1.29 is 14.3 Å². The first-order chi connectivity index (χ1) is 12.7. The molecule has 1 aromatic carbocycles. The van der Waals surface area contributed by atoms with Crippen molar-refractivity contribution in [2.45, 2.75) is 44.4 Å². The van der Waals surface area contributed by atoms with Gasteiger partial charge in [0.25, 0.3) is 0 Å². The number of likely N-dealkylation sites (tertiary alicyclic amines) is 1. The summed E-state index contributed by atoms with van der Waals surface area (Å²) in [4.78, 5) is 27.9. The molecule has 2 heterocycles. The number of amides is 2. The molecule has 0 aromatic heterocycles. The van der Waals surface area contributed by atoms with Crippen LogP contribution in [0.5, 0.6) is 0 Å². The smallest absolute Gasteiger partial charge is 0.233 e. The summed E-state index contributed by atoms with van der Waals surface area (Å²) < 4.78 is 5.55. The van der Waals surface area contributed by atoms with Crippen molar-refractivity contribution in [3.8, 4) is 0 Å². The van der Waals surface area contributed by atoms with Crippen LogP contribution in [0.25, 0.3) is 0 Å². The highest BCUT2D eigenvalue weighted by Crippen LogP contribution is 2.37. The van der Waals surface area contributed by atoms with E-state index in [9.17, 15) is 9.59 Å². The third kappa shape index (κ3) is 3.93. The van der Waals surface area contributed by atoms with Crippen LogP contribution in [0.1, 0.15) is 44.6 Å². The van der Waals surface area contributed by atoms with Crippen LogP contribution in [-0.4, -0.2) is 49.6 Å². The maximum Gasteiger partial charge on any atom is 0.233 e. The molecule has 1 aromatic rings. The van der Waals surface area contributed by atoms with Gasteiger partial charge in [-0.05, 0) is 37.7 Å². The van der Waals surface area contributed by atoms with Crippen LogP contribution in [0.2, 0.25) is 0 Å². The minimum absolute atomic E-state index is 0.0880. The zero-order valence-electron chi connectivity index (χ0n) is 15.7. The summed E-state index contributed by atoms with van der Waals surface area (Å²) in [6, 6.07) is 10.1. The van der Waals surface area contributed by atoms with Gasteiger partial charge in [-0.25, -0.2) is 0 Å². The Morgan fingerprint density at radius 1 is 1.23 bits per heavy atom. The number of carbonyl (C=O) groups excluding carboxylic acids is 2. The van der Waals surface area contributed by atoms with E-state index in [-0.39, 0.29) is 17.7 Å².